The molecule has 0 atom stereocenters. The summed E-state index contributed by atoms with van der Waals surface area (Å²) in [6, 6.07) is 5.85. The van der Waals surface area contributed by atoms with Crippen LogP contribution in [0.4, 0.5) is 5.69 Å². The number of fused-ring (bicyclic) bond motifs is 3. The third-order valence-corrected chi connectivity index (χ3v) is 5.83. The smallest absolute Gasteiger partial charge is 0.324 e. The predicted octanol–water partition coefficient (Wildman–Crippen LogP) is 2.98. The van der Waals surface area contributed by atoms with Crippen LogP contribution in [0, 0.1) is 27.7 Å². The Labute approximate surface area is 159 Å². The SMILES string of the molecule is Cc1ccc(C)c(NC(=O)Cn2nc3c4c(C)c(C)sc4ncn3c2=O)c1. The fraction of sp³-hybridized carbons (Fsp3) is 0.263. The first-order valence-corrected chi connectivity index (χ1v) is 9.38. The Kier molecular flexibility index (Phi) is 4.07. The Morgan fingerprint density at radius 3 is 2.78 bits per heavy atom. The molecule has 4 aromatic rings. The molecule has 8 heteroatoms. The largest absolute Gasteiger partial charge is 0.352 e. The van der Waals surface area contributed by atoms with Gasteiger partial charge in [-0.3, -0.25) is 4.79 Å². The quantitative estimate of drug-likeness (QED) is 0.592. The second kappa shape index (κ2) is 6.31. The lowest BCUT2D eigenvalue weighted by molar-refractivity contribution is -0.117. The first-order chi connectivity index (χ1) is 12.8. The Bertz CT molecular complexity index is 1260. The molecule has 0 fully saturated rings. The number of nitrogens with zero attached hydrogens (tertiary/aromatic N) is 4. The highest BCUT2D eigenvalue weighted by Gasteiger charge is 2.17. The lowest BCUT2D eigenvalue weighted by atomic mass is 10.1. The molecular formula is C19H19N5O2S. The predicted molar refractivity (Wildman–Crippen MR) is 107 cm³/mol. The molecule has 0 saturated carbocycles. The first kappa shape index (κ1) is 17.4. The minimum Gasteiger partial charge on any atom is -0.324 e. The van der Waals surface area contributed by atoms with E-state index < -0.39 is 0 Å². The van der Waals surface area contributed by atoms with Gasteiger partial charge >= 0.3 is 5.69 Å². The van der Waals surface area contributed by atoms with Gasteiger partial charge in [0.25, 0.3) is 0 Å². The minimum absolute atomic E-state index is 0.155. The summed E-state index contributed by atoms with van der Waals surface area (Å²) < 4.78 is 2.58. The lowest BCUT2D eigenvalue weighted by Gasteiger charge is -2.08. The summed E-state index contributed by atoms with van der Waals surface area (Å²) in [5, 5.41) is 8.14. The van der Waals surface area contributed by atoms with Gasteiger partial charge in [-0.2, -0.15) is 0 Å². The minimum atomic E-state index is -0.376. The molecular weight excluding hydrogens is 362 g/mol. The van der Waals surface area contributed by atoms with Crippen molar-refractivity contribution in [3.8, 4) is 0 Å². The highest BCUT2D eigenvalue weighted by Crippen LogP contribution is 2.30. The zero-order valence-electron chi connectivity index (χ0n) is 15.5. The number of carbonyl (C=O) groups is 1. The van der Waals surface area contributed by atoms with Crippen molar-refractivity contribution >= 4 is 38.8 Å². The average molecular weight is 381 g/mol. The third-order valence-electron chi connectivity index (χ3n) is 4.71. The normalized spacial score (nSPS) is 11.4. The molecule has 1 aromatic carbocycles. The second-order valence-electron chi connectivity index (χ2n) is 6.71. The number of thiophene rings is 1. The topological polar surface area (TPSA) is 81.3 Å². The summed E-state index contributed by atoms with van der Waals surface area (Å²) in [5.74, 6) is -0.295. The zero-order chi connectivity index (χ0) is 19.3. The van der Waals surface area contributed by atoms with E-state index in [1.165, 1.54) is 15.4 Å². The summed E-state index contributed by atoms with van der Waals surface area (Å²) in [6.07, 6.45) is 1.47. The van der Waals surface area contributed by atoms with Crippen LogP contribution in [-0.2, 0) is 11.3 Å². The van der Waals surface area contributed by atoms with Crippen LogP contribution in [-0.4, -0.2) is 25.1 Å². The molecule has 0 aliphatic heterocycles. The first-order valence-electron chi connectivity index (χ1n) is 8.56. The molecule has 138 valence electrons. The van der Waals surface area contributed by atoms with Gasteiger partial charge in [-0.1, -0.05) is 12.1 Å². The van der Waals surface area contributed by atoms with Gasteiger partial charge in [0.2, 0.25) is 5.91 Å². The van der Waals surface area contributed by atoms with E-state index in [9.17, 15) is 9.59 Å². The number of amides is 1. The Morgan fingerprint density at radius 2 is 2.00 bits per heavy atom. The molecule has 0 radical (unpaired) electrons. The summed E-state index contributed by atoms with van der Waals surface area (Å²) in [6.45, 7) is 7.75. The van der Waals surface area contributed by atoms with Crippen LogP contribution >= 0.6 is 11.3 Å². The number of nitrogens with one attached hydrogen (secondary N) is 1. The van der Waals surface area contributed by atoms with Crippen molar-refractivity contribution in [2.45, 2.75) is 34.2 Å². The average Bonchev–Trinajstić information content (AvgIpc) is 3.08. The molecule has 7 nitrogen and oxygen atoms in total. The molecule has 1 N–H and O–H groups in total. The van der Waals surface area contributed by atoms with Crippen molar-refractivity contribution in [2.24, 2.45) is 0 Å². The number of hydrogen-bond donors (Lipinski definition) is 1. The van der Waals surface area contributed by atoms with E-state index >= 15 is 0 Å². The number of anilines is 1. The van der Waals surface area contributed by atoms with Gasteiger partial charge in [-0.15, -0.1) is 16.4 Å². The van der Waals surface area contributed by atoms with Gasteiger partial charge in [0.1, 0.15) is 17.7 Å². The van der Waals surface area contributed by atoms with Crippen molar-refractivity contribution in [1.82, 2.24) is 19.2 Å². The standard InChI is InChI=1S/C19H19N5O2S/c1-10-5-6-11(2)14(7-10)21-15(25)8-24-19(26)23-9-20-18-16(17(23)22-24)12(3)13(4)27-18/h5-7,9H,8H2,1-4H3,(H,21,25). The fourth-order valence-corrected chi connectivity index (χ4v) is 4.06. The fourth-order valence-electron chi connectivity index (χ4n) is 3.07. The van der Waals surface area contributed by atoms with Crippen LogP contribution in [0.3, 0.4) is 0 Å². The van der Waals surface area contributed by atoms with Crippen LogP contribution in [0.2, 0.25) is 0 Å². The Balaban J connectivity index is 1.71. The number of benzene rings is 1. The van der Waals surface area contributed by atoms with Crippen LogP contribution in [0.5, 0.6) is 0 Å². The number of carbonyl (C=O) groups excluding carboxylic acids is 1. The zero-order valence-corrected chi connectivity index (χ0v) is 16.3. The van der Waals surface area contributed by atoms with Crippen LogP contribution in [0.1, 0.15) is 21.6 Å². The second-order valence-corrected chi connectivity index (χ2v) is 7.91. The molecule has 0 aliphatic carbocycles. The molecule has 3 heterocycles. The van der Waals surface area contributed by atoms with Crippen molar-refractivity contribution in [3.05, 3.63) is 56.6 Å². The Hall–Kier alpha value is -3.00. The molecule has 0 saturated heterocycles. The highest BCUT2D eigenvalue weighted by molar-refractivity contribution is 7.18. The number of hydrogen-bond acceptors (Lipinski definition) is 5. The number of aromatic nitrogens is 4. The van der Waals surface area contributed by atoms with Crippen molar-refractivity contribution in [3.63, 3.8) is 0 Å². The van der Waals surface area contributed by atoms with Gasteiger partial charge in [0.05, 0.1) is 5.39 Å². The maximum absolute atomic E-state index is 12.6. The molecule has 0 unspecified atom stereocenters. The molecule has 0 bridgehead atoms. The maximum atomic E-state index is 12.6. The molecule has 0 spiro atoms. The van der Waals surface area contributed by atoms with Gasteiger partial charge in [-0.25, -0.2) is 18.9 Å². The van der Waals surface area contributed by atoms with Crippen molar-refractivity contribution in [1.29, 1.82) is 0 Å². The van der Waals surface area contributed by atoms with Crippen molar-refractivity contribution in [2.75, 3.05) is 5.32 Å². The monoisotopic (exact) mass is 381 g/mol. The van der Waals surface area contributed by atoms with Crippen LogP contribution < -0.4 is 11.0 Å². The van der Waals surface area contributed by atoms with E-state index in [1.807, 2.05) is 45.9 Å². The summed E-state index contributed by atoms with van der Waals surface area (Å²) >= 11 is 1.57. The van der Waals surface area contributed by atoms with Gasteiger partial charge in [0.15, 0.2) is 5.65 Å². The molecule has 4 rings (SSSR count). The lowest BCUT2D eigenvalue weighted by Crippen LogP contribution is -2.28. The van der Waals surface area contributed by atoms with Crippen molar-refractivity contribution < 1.29 is 4.79 Å². The van der Waals surface area contributed by atoms with E-state index in [0.29, 0.717) is 5.65 Å². The van der Waals surface area contributed by atoms with E-state index in [2.05, 4.69) is 15.4 Å². The molecule has 1 amide bonds. The molecule has 0 aliphatic rings. The van der Waals surface area contributed by atoms with E-state index in [4.69, 9.17) is 0 Å². The van der Waals surface area contributed by atoms with E-state index in [-0.39, 0.29) is 18.1 Å². The Morgan fingerprint density at radius 1 is 1.22 bits per heavy atom. The molecule has 3 aromatic heterocycles. The molecule has 27 heavy (non-hydrogen) atoms. The van der Waals surface area contributed by atoms with E-state index in [1.54, 1.807) is 11.3 Å². The number of aryl methyl sites for hydroxylation is 4. The van der Waals surface area contributed by atoms with Gasteiger partial charge in [0, 0.05) is 10.6 Å². The maximum Gasteiger partial charge on any atom is 0.352 e. The van der Waals surface area contributed by atoms with Crippen LogP contribution in [0.25, 0.3) is 15.9 Å². The van der Waals surface area contributed by atoms with Crippen LogP contribution in [0.15, 0.2) is 29.3 Å². The summed E-state index contributed by atoms with van der Waals surface area (Å²) in [4.78, 5) is 31.5. The van der Waals surface area contributed by atoms with Gasteiger partial charge in [-0.05, 0) is 50.5 Å². The van der Waals surface area contributed by atoms with Gasteiger partial charge < -0.3 is 5.32 Å². The summed E-state index contributed by atoms with van der Waals surface area (Å²) in [5.41, 5.74) is 3.98. The van der Waals surface area contributed by atoms with E-state index in [0.717, 1.165) is 37.5 Å². The summed E-state index contributed by atoms with van der Waals surface area (Å²) in [7, 11) is 0. The highest BCUT2D eigenvalue weighted by atomic mass is 32.1. The number of rotatable bonds is 3. The third kappa shape index (κ3) is 2.91.